The first-order valence-corrected chi connectivity index (χ1v) is 10.3. The average molecular weight is 421 g/mol. The van der Waals surface area contributed by atoms with Crippen molar-refractivity contribution in [3.8, 4) is 0 Å². The van der Waals surface area contributed by atoms with Gasteiger partial charge in [-0.3, -0.25) is 9.36 Å². The van der Waals surface area contributed by atoms with Crippen molar-refractivity contribution in [2.45, 2.75) is 25.3 Å². The Labute approximate surface area is 177 Å². The molecule has 0 radical (unpaired) electrons. The van der Waals surface area contributed by atoms with Crippen molar-refractivity contribution < 1.29 is 9.53 Å². The molecule has 10 nitrogen and oxygen atoms in total. The number of aromatic amines is 1. The molecule has 0 bridgehead atoms. The van der Waals surface area contributed by atoms with Gasteiger partial charge in [-0.1, -0.05) is 0 Å². The molecule has 0 aliphatic carbocycles. The number of amides is 1. The molecular formula is C21H23N7O3. The number of imidazole rings is 1. The Kier molecular flexibility index (Phi) is 4.99. The van der Waals surface area contributed by atoms with Crippen LogP contribution in [-0.2, 0) is 11.3 Å². The predicted molar refractivity (Wildman–Crippen MR) is 113 cm³/mol. The molecule has 1 fully saturated rings. The first-order chi connectivity index (χ1) is 15.2. The summed E-state index contributed by atoms with van der Waals surface area (Å²) < 4.78 is 8.47. The molecular weight excluding hydrogens is 398 g/mol. The van der Waals surface area contributed by atoms with Crippen LogP contribution < -0.4 is 5.69 Å². The van der Waals surface area contributed by atoms with Gasteiger partial charge < -0.3 is 14.6 Å². The lowest BCUT2D eigenvalue weighted by molar-refractivity contribution is 0.0711. The standard InChI is InChI=1S/C21H23N7O3/c1-31-11-10-27-18-3-2-15(12-16(18)25-21(27)30)19(29)26-8-5-14(6-9-26)17-4-7-22-20-23-13-24-28(17)20/h2-4,7,12-14H,5-6,8-11H2,1H3,(H,25,30). The molecule has 1 saturated heterocycles. The molecule has 1 N–H and O–H groups in total. The van der Waals surface area contributed by atoms with E-state index in [9.17, 15) is 9.59 Å². The van der Waals surface area contributed by atoms with Crippen LogP contribution in [0.1, 0.15) is 34.8 Å². The highest BCUT2D eigenvalue weighted by Crippen LogP contribution is 2.28. The van der Waals surface area contributed by atoms with Crippen LogP contribution in [0.4, 0.5) is 0 Å². The van der Waals surface area contributed by atoms with Crippen molar-refractivity contribution in [3.63, 3.8) is 0 Å². The molecule has 0 saturated carbocycles. The molecule has 0 atom stereocenters. The van der Waals surface area contributed by atoms with E-state index in [1.54, 1.807) is 34.5 Å². The smallest absolute Gasteiger partial charge is 0.326 e. The minimum atomic E-state index is -0.200. The number of carbonyl (C=O) groups is 1. The Balaban J connectivity index is 1.32. The average Bonchev–Trinajstić information content (AvgIpc) is 3.40. The quantitative estimate of drug-likeness (QED) is 0.522. The van der Waals surface area contributed by atoms with Crippen LogP contribution in [0, 0.1) is 0 Å². The third-order valence-corrected chi connectivity index (χ3v) is 5.95. The van der Waals surface area contributed by atoms with E-state index in [2.05, 4.69) is 20.1 Å². The van der Waals surface area contributed by atoms with Crippen LogP contribution in [0.25, 0.3) is 16.8 Å². The second-order valence-corrected chi connectivity index (χ2v) is 7.71. The Hall–Kier alpha value is -3.53. The highest BCUT2D eigenvalue weighted by molar-refractivity contribution is 5.97. The number of likely N-dealkylation sites (tertiary alicyclic amines) is 1. The van der Waals surface area contributed by atoms with E-state index < -0.39 is 0 Å². The second kappa shape index (κ2) is 7.95. The maximum Gasteiger partial charge on any atom is 0.326 e. The van der Waals surface area contributed by atoms with Gasteiger partial charge in [-0.25, -0.2) is 14.3 Å². The molecule has 160 valence electrons. The zero-order chi connectivity index (χ0) is 21.4. The van der Waals surface area contributed by atoms with E-state index >= 15 is 0 Å². The first-order valence-electron chi connectivity index (χ1n) is 10.3. The monoisotopic (exact) mass is 421 g/mol. The molecule has 3 aromatic heterocycles. The third kappa shape index (κ3) is 3.48. The minimum Gasteiger partial charge on any atom is -0.383 e. The lowest BCUT2D eigenvalue weighted by atomic mass is 9.93. The molecule has 1 aromatic carbocycles. The van der Waals surface area contributed by atoms with Crippen molar-refractivity contribution in [2.24, 2.45) is 0 Å². The van der Waals surface area contributed by atoms with Gasteiger partial charge in [0.1, 0.15) is 6.33 Å². The molecule has 5 rings (SSSR count). The number of nitrogens with zero attached hydrogens (tertiary/aromatic N) is 6. The maximum atomic E-state index is 13.1. The maximum absolute atomic E-state index is 13.1. The van der Waals surface area contributed by atoms with Crippen molar-refractivity contribution in [1.82, 2.24) is 34.0 Å². The number of methoxy groups -OCH3 is 1. The number of nitrogens with one attached hydrogen (secondary N) is 1. The lowest BCUT2D eigenvalue weighted by Crippen LogP contribution is -2.38. The molecule has 1 amide bonds. The topological polar surface area (TPSA) is 110 Å². The molecule has 1 aliphatic heterocycles. The van der Waals surface area contributed by atoms with Gasteiger partial charge in [0.25, 0.3) is 11.7 Å². The van der Waals surface area contributed by atoms with Crippen LogP contribution in [0.5, 0.6) is 0 Å². The number of H-pyrrole nitrogens is 1. The van der Waals surface area contributed by atoms with Crippen LogP contribution in [0.3, 0.4) is 0 Å². The fourth-order valence-electron chi connectivity index (χ4n) is 4.33. The van der Waals surface area contributed by atoms with Crippen molar-refractivity contribution in [1.29, 1.82) is 0 Å². The molecule has 0 spiro atoms. The lowest BCUT2D eigenvalue weighted by Gasteiger charge is -2.32. The van der Waals surface area contributed by atoms with Gasteiger partial charge in [0, 0.05) is 37.9 Å². The van der Waals surface area contributed by atoms with Gasteiger partial charge in [-0.05, 0) is 37.1 Å². The number of aromatic nitrogens is 6. The number of benzene rings is 1. The number of hydrogen-bond acceptors (Lipinski definition) is 6. The third-order valence-electron chi connectivity index (χ3n) is 5.95. The van der Waals surface area contributed by atoms with E-state index in [1.165, 1.54) is 6.33 Å². The van der Waals surface area contributed by atoms with E-state index in [1.807, 2.05) is 17.0 Å². The van der Waals surface area contributed by atoms with E-state index in [0.29, 0.717) is 49.0 Å². The van der Waals surface area contributed by atoms with E-state index in [0.717, 1.165) is 24.1 Å². The number of piperidine rings is 1. The predicted octanol–water partition coefficient (Wildman–Crippen LogP) is 1.43. The summed E-state index contributed by atoms with van der Waals surface area (Å²) in [5, 5.41) is 4.28. The number of fused-ring (bicyclic) bond motifs is 2. The molecule has 4 aromatic rings. The minimum absolute atomic E-state index is 0.0218. The number of rotatable bonds is 5. The van der Waals surface area contributed by atoms with Gasteiger partial charge in [-0.2, -0.15) is 10.1 Å². The van der Waals surface area contributed by atoms with E-state index in [4.69, 9.17) is 4.74 Å². The number of carbonyl (C=O) groups excluding carboxylic acids is 1. The summed E-state index contributed by atoms with van der Waals surface area (Å²) in [7, 11) is 1.60. The normalized spacial score (nSPS) is 15.2. The van der Waals surface area contributed by atoms with Crippen molar-refractivity contribution >= 4 is 22.7 Å². The summed E-state index contributed by atoms with van der Waals surface area (Å²) in [6.45, 7) is 2.22. The largest absolute Gasteiger partial charge is 0.383 e. The van der Waals surface area contributed by atoms with Crippen LogP contribution in [0.2, 0.25) is 0 Å². The van der Waals surface area contributed by atoms with Crippen molar-refractivity contribution in [2.75, 3.05) is 26.8 Å². The number of hydrogen-bond donors (Lipinski definition) is 1. The van der Waals surface area contributed by atoms with E-state index in [-0.39, 0.29) is 11.6 Å². The van der Waals surface area contributed by atoms with Gasteiger partial charge in [0.2, 0.25) is 0 Å². The fourth-order valence-corrected chi connectivity index (χ4v) is 4.33. The highest BCUT2D eigenvalue weighted by Gasteiger charge is 2.26. The van der Waals surface area contributed by atoms with Crippen LogP contribution in [0.15, 0.2) is 41.6 Å². The molecule has 4 heterocycles. The molecule has 0 unspecified atom stereocenters. The first kappa shape index (κ1) is 19.4. The fraction of sp³-hybridized carbons (Fsp3) is 0.381. The Bertz CT molecular complexity index is 1300. The van der Waals surface area contributed by atoms with Crippen molar-refractivity contribution in [3.05, 3.63) is 58.5 Å². The molecule has 31 heavy (non-hydrogen) atoms. The Morgan fingerprint density at radius 1 is 1.23 bits per heavy atom. The van der Waals surface area contributed by atoms with Gasteiger partial charge in [0.15, 0.2) is 0 Å². The highest BCUT2D eigenvalue weighted by atomic mass is 16.5. The number of ether oxygens (including phenoxy) is 1. The zero-order valence-electron chi connectivity index (χ0n) is 17.2. The summed E-state index contributed by atoms with van der Waals surface area (Å²) in [4.78, 5) is 38.4. The van der Waals surface area contributed by atoms with Gasteiger partial charge >= 0.3 is 5.69 Å². The summed E-state index contributed by atoms with van der Waals surface area (Å²) >= 11 is 0. The molecule has 10 heteroatoms. The summed E-state index contributed by atoms with van der Waals surface area (Å²) in [6, 6.07) is 7.34. The SMILES string of the molecule is COCCn1c(=O)[nH]c2cc(C(=O)N3CCC(c4ccnc5ncnn45)CC3)ccc21. The van der Waals surface area contributed by atoms with Crippen LogP contribution in [-0.4, -0.2) is 66.7 Å². The summed E-state index contributed by atoms with van der Waals surface area (Å²) in [6.07, 6.45) is 4.95. The zero-order valence-corrected chi connectivity index (χ0v) is 17.2. The van der Waals surface area contributed by atoms with Gasteiger partial charge in [-0.15, -0.1) is 0 Å². The summed E-state index contributed by atoms with van der Waals surface area (Å²) in [5.74, 6) is 0.868. The molecule has 1 aliphatic rings. The Morgan fingerprint density at radius 2 is 2.06 bits per heavy atom. The van der Waals surface area contributed by atoms with Crippen LogP contribution >= 0.6 is 0 Å². The van der Waals surface area contributed by atoms with Gasteiger partial charge in [0.05, 0.1) is 29.9 Å². The Morgan fingerprint density at radius 3 is 2.87 bits per heavy atom. The summed E-state index contributed by atoms with van der Waals surface area (Å²) in [5.41, 5.74) is 2.88. The second-order valence-electron chi connectivity index (χ2n) is 7.71.